The lowest BCUT2D eigenvalue weighted by Gasteiger charge is -2.15. The molecule has 0 saturated carbocycles. The Hall–Kier alpha value is -2.40. The Morgan fingerprint density at radius 1 is 0.929 bits per heavy atom. The summed E-state index contributed by atoms with van der Waals surface area (Å²) in [5.41, 5.74) is 3.11. The second kappa shape index (κ2) is 9.20. The van der Waals surface area contributed by atoms with Gasteiger partial charge < -0.3 is 4.74 Å². The molecule has 2 aromatic carbocycles. The molecular weight excluding hydrogens is 371 g/mol. The Balaban J connectivity index is 1.84. The number of nitrogens with zero attached hydrogens (tertiary/aromatic N) is 2. The van der Waals surface area contributed by atoms with Gasteiger partial charge in [0.2, 0.25) is 5.88 Å². The molecule has 0 aliphatic rings. The second-order valence-electron chi connectivity index (χ2n) is 7.28. The summed E-state index contributed by atoms with van der Waals surface area (Å²) in [4.78, 5) is 9.26. The van der Waals surface area contributed by atoms with Crippen molar-refractivity contribution in [1.82, 2.24) is 9.97 Å². The highest BCUT2D eigenvalue weighted by molar-refractivity contribution is 7.98. The number of rotatable bonds is 7. The van der Waals surface area contributed by atoms with Gasteiger partial charge in [0.15, 0.2) is 5.16 Å². The van der Waals surface area contributed by atoms with E-state index in [1.165, 1.54) is 23.9 Å². The van der Waals surface area contributed by atoms with Crippen molar-refractivity contribution in [2.24, 2.45) is 0 Å². The zero-order valence-corrected chi connectivity index (χ0v) is 17.5. The summed E-state index contributed by atoms with van der Waals surface area (Å²) < 4.78 is 19.2. The Bertz CT molecular complexity index is 926. The molecule has 0 atom stereocenters. The molecule has 0 saturated heterocycles. The lowest BCUT2D eigenvalue weighted by Crippen LogP contribution is -2.01. The molecule has 3 rings (SSSR count). The molecule has 0 aliphatic carbocycles. The molecule has 0 unspecified atom stereocenters. The van der Waals surface area contributed by atoms with Gasteiger partial charge in [-0.15, -0.1) is 0 Å². The first-order valence-corrected chi connectivity index (χ1v) is 10.4. The van der Waals surface area contributed by atoms with Crippen molar-refractivity contribution >= 4 is 11.8 Å². The lowest BCUT2D eigenvalue weighted by atomic mass is 10.0. The molecule has 0 fully saturated rings. The SMILES string of the molecule is CC(C)c1cc(Oc2ccccc2C(C)C)nc(SCc2ccc(F)cc2)n1. The number of para-hydroxylation sites is 1. The minimum absolute atomic E-state index is 0.230. The topological polar surface area (TPSA) is 35.0 Å². The number of hydrogen-bond acceptors (Lipinski definition) is 4. The van der Waals surface area contributed by atoms with Crippen LogP contribution in [0.15, 0.2) is 59.8 Å². The van der Waals surface area contributed by atoms with Crippen LogP contribution in [0.3, 0.4) is 0 Å². The van der Waals surface area contributed by atoms with E-state index in [0.717, 1.165) is 22.6 Å². The Morgan fingerprint density at radius 2 is 1.64 bits per heavy atom. The van der Waals surface area contributed by atoms with Crippen molar-refractivity contribution in [3.63, 3.8) is 0 Å². The Labute approximate surface area is 170 Å². The van der Waals surface area contributed by atoms with E-state index in [1.807, 2.05) is 24.3 Å². The van der Waals surface area contributed by atoms with Crippen LogP contribution in [0.4, 0.5) is 4.39 Å². The summed E-state index contributed by atoms with van der Waals surface area (Å²) >= 11 is 1.52. The van der Waals surface area contributed by atoms with E-state index in [0.29, 0.717) is 22.7 Å². The van der Waals surface area contributed by atoms with Gasteiger partial charge in [-0.3, -0.25) is 0 Å². The van der Waals surface area contributed by atoms with Crippen LogP contribution in [0.5, 0.6) is 11.6 Å². The van der Waals surface area contributed by atoms with Crippen molar-refractivity contribution in [2.75, 3.05) is 0 Å². The van der Waals surface area contributed by atoms with Gasteiger partial charge in [-0.1, -0.05) is 69.8 Å². The van der Waals surface area contributed by atoms with Gasteiger partial charge in [0.05, 0.1) is 5.69 Å². The first-order chi connectivity index (χ1) is 13.4. The van der Waals surface area contributed by atoms with E-state index in [9.17, 15) is 4.39 Å². The predicted octanol–water partition coefficient (Wildman–Crippen LogP) is 6.95. The number of aromatic nitrogens is 2. The minimum atomic E-state index is -0.230. The standard InChI is InChI=1S/C23H25FN2OS/c1-15(2)19-7-5-6-8-21(19)27-22-13-20(16(3)4)25-23(26-22)28-14-17-9-11-18(24)12-10-17/h5-13,15-16H,14H2,1-4H3. The zero-order valence-electron chi connectivity index (χ0n) is 16.6. The molecule has 0 aliphatic heterocycles. The van der Waals surface area contributed by atoms with Gasteiger partial charge in [-0.25, -0.2) is 9.37 Å². The maximum absolute atomic E-state index is 13.1. The number of thioether (sulfide) groups is 1. The zero-order chi connectivity index (χ0) is 20.1. The van der Waals surface area contributed by atoms with Crippen LogP contribution in [0, 0.1) is 5.82 Å². The molecular formula is C23H25FN2OS. The molecule has 28 heavy (non-hydrogen) atoms. The lowest BCUT2D eigenvalue weighted by molar-refractivity contribution is 0.445. The number of hydrogen-bond donors (Lipinski definition) is 0. The molecule has 3 nitrogen and oxygen atoms in total. The normalized spacial score (nSPS) is 11.2. The van der Waals surface area contributed by atoms with Crippen LogP contribution in [0.1, 0.15) is 56.4 Å². The number of ether oxygens (including phenoxy) is 1. The average Bonchev–Trinajstić information content (AvgIpc) is 2.67. The van der Waals surface area contributed by atoms with Crippen LogP contribution < -0.4 is 4.74 Å². The fourth-order valence-electron chi connectivity index (χ4n) is 2.72. The third-order valence-electron chi connectivity index (χ3n) is 4.33. The fourth-order valence-corrected chi connectivity index (χ4v) is 3.54. The van der Waals surface area contributed by atoms with Gasteiger partial charge in [-0.2, -0.15) is 4.98 Å². The Kier molecular flexibility index (Phi) is 6.68. The highest BCUT2D eigenvalue weighted by atomic mass is 32.2. The third-order valence-corrected chi connectivity index (χ3v) is 5.25. The van der Waals surface area contributed by atoms with Gasteiger partial charge in [0.1, 0.15) is 11.6 Å². The van der Waals surface area contributed by atoms with Crippen LogP contribution in [-0.2, 0) is 5.75 Å². The van der Waals surface area contributed by atoms with Crippen molar-refractivity contribution < 1.29 is 9.13 Å². The third kappa shape index (κ3) is 5.32. The van der Waals surface area contributed by atoms with Gasteiger partial charge >= 0.3 is 0 Å². The van der Waals surface area contributed by atoms with E-state index < -0.39 is 0 Å². The van der Waals surface area contributed by atoms with Gasteiger partial charge in [0, 0.05) is 11.8 Å². The molecule has 146 valence electrons. The molecule has 1 aromatic heterocycles. The van der Waals surface area contributed by atoms with E-state index in [1.54, 1.807) is 12.1 Å². The highest BCUT2D eigenvalue weighted by Crippen LogP contribution is 2.32. The first kappa shape index (κ1) is 20.3. The number of benzene rings is 2. The predicted molar refractivity (Wildman–Crippen MR) is 113 cm³/mol. The molecule has 1 heterocycles. The quantitative estimate of drug-likeness (QED) is 0.320. The molecule has 0 radical (unpaired) electrons. The summed E-state index contributed by atoms with van der Waals surface area (Å²) in [6.07, 6.45) is 0. The Morgan fingerprint density at radius 3 is 2.32 bits per heavy atom. The van der Waals surface area contributed by atoms with Crippen LogP contribution in [0.2, 0.25) is 0 Å². The van der Waals surface area contributed by atoms with Crippen LogP contribution in [0.25, 0.3) is 0 Å². The van der Waals surface area contributed by atoms with Gasteiger partial charge in [-0.05, 0) is 41.2 Å². The molecule has 0 bridgehead atoms. The summed E-state index contributed by atoms with van der Waals surface area (Å²) in [6.45, 7) is 8.49. The van der Waals surface area contributed by atoms with Crippen LogP contribution >= 0.6 is 11.8 Å². The highest BCUT2D eigenvalue weighted by Gasteiger charge is 2.13. The van der Waals surface area contributed by atoms with E-state index in [2.05, 4.69) is 43.7 Å². The minimum Gasteiger partial charge on any atom is -0.439 e. The monoisotopic (exact) mass is 396 g/mol. The maximum atomic E-state index is 13.1. The molecule has 3 aromatic rings. The fraction of sp³-hybridized carbons (Fsp3) is 0.304. The summed E-state index contributed by atoms with van der Waals surface area (Å²) in [7, 11) is 0. The van der Waals surface area contributed by atoms with Crippen molar-refractivity contribution in [3.8, 4) is 11.6 Å². The maximum Gasteiger partial charge on any atom is 0.223 e. The van der Waals surface area contributed by atoms with Crippen molar-refractivity contribution in [1.29, 1.82) is 0 Å². The molecule has 0 spiro atoms. The van der Waals surface area contributed by atoms with Crippen molar-refractivity contribution in [2.45, 2.75) is 50.4 Å². The van der Waals surface area contributed by atoms with Crippen molar-refractivity contribution in [3.05, 3.63) is 77.2 Å². The summed E-state index contributed by atoms with van der Waals surface area (Å²) in [5, 5.41) is 0.660. The molecule has 5 heteroatoms. The first-order valence-electron chi connectivity index (χ1n) is 9.45. The van der Waals surface area contributed by atoms with E-state index in [4.69, 9.17) is 4.74 Å². The van der Waals surface area contributed by atoms with Crippen LogP contribution in [-0.4, -0.2) is 9.97 Å². The molecule has 0 N–H and O–H groups in total. The van der Waals surface area contributed by atoms with Gasteiger partial charge in [0.25, 0.3) is 0 Å². The second-order valence-corrected chi connectivity index (χ2v) is 8.22. The summed E-state index contributed by atoms with van der Waals surface area (Å²) in [6, 6.07) is 16.4. The van der Waals surface area contributed by atoms with E-state index in [-0.39, 0.29) is 11.7 Å². The smallest absolute Gasteiger partial charge is 0.223 e. The average molecular weight is 397 g/mol. The summed E-state index contributed by atoms with van der Waals surface area (Å²) in [5.74, 6) is 2.43. The van der Waals surface area contributed by atoms with E-state index >= 15 is 0 Å². The number of halogens is 1. The largest absolute Gasteiger partial charge is 0.439 e. The molecule has 0 amide bonds.